The van der Waals surface area contributed by atoms with E-state index < -0.39 is 0 Å². The Labute approximate surface area is 200 Å². The van der Waals surface area contributed by atoms with Crippen LogP contribution in [0.4, 0.5) is 0 Å². The normalized spacial score (nSPS) is 14.2. The van der Waals surface area contributed by atoms with Crippen molar-refractivity contribution in [1.29, 1.82) is 0 Å². The van der Waals surface area contributed by atoms with Crippen molar-refractivity contribution in [3.63, 3.8) is 0 Å². The molecule has 0 aliphatic carbocycles. The maximum atomic E-state index is 12.6. The van der Waals surface area contributed by atoms with Crippen LogP contribution in [0, 0.1) is 6.92 Å². The molecule has 0 spiro atoms. The van der Waals surface area contributed by atoms with Gasteiger partial charge in [0.15, 0.2) is 5.96 Å². The lowest BCUT2D eigenvalue weighted by molar-refractivity contribution is 0.0724. The number of nitrogens with one attached hydrogen (secondary N) is 2. The van der Waals surface area contributed by atoms with Crippen molar-refractivity contribution in [3.05, 3.63) is 51.5 Å². The number of thiazole rings is 1. The summed E-state index contributed by atoms with van der Waals surface area (Å²) in [6, 6.07) is 7.85. The second-order valence-electron chi connectivity index (χ2n) is 7.28. The van der Waals surface area contributed by atoms with Crippen LogP contribution in [-0.2, 0) is 13.0 Å². The number of rotatable bonds is 7. The van der Waals surface area contributed by atoms with Crippen LogP contribution in [0.25, 0.3) is 0 Å². The van der Waals surface area contributed by atoms with Crippen molar-refractivity contribution < 1.29 is 4.79 Å². The number of benzene rings is 1. The summed E-state index contributed by atoms with van der Waals surface area (Å²) in [5, 5.41) is 9.85. The molecule has 6 nitrogen and oxygen atoms in total. The van der Waals surface area contributed by atoms with Crippen molar-refractivity contribution in [2.45, 2.75) is 46.1 Å². The first-order valence-electron chi connectivity index (χ1n) is 10.5. The number of aromatic nitrogens is 1. The summed E-state index contributed by atoms with van der Waals surface area (Å²) in [7, 11) is 0. The first-order chi connectivity index (χ1) is 14.2. The number of carbonyl (C=O) groups is 1. The van der Waals surface area contributed by atoms with Crippen LogP contribution in [0.1, 0.15) is 52.8 Å². The molecular formula is C22H32IN5OS. The molecule has 2 N–H and O–H groups in total. The molecule has 1 fully saturated rings. The Kier molecular flexibility index (Phi) is 10.6. The zero-order chi connectivity index (χ0) is 20.5. The number of guanidine groups is 1. The van der Waals surface area contributed by atoms with Crippen LogP contribution in [0.5, 0.6) is 0 Å². The van der Waals surface area contributed by atoms with Gasteiger partial charge in [-0.1, -0.05) is 12.1 Å². The van der Waals surface area contributed by atoms with Crippen molar-refractivity contribution in [1.82, 2.24) is 20.5 Å². The minimum atomic E-state index is 0. The summed E-state index contributed by atoms with van der Waals surface area (Å²) in [6.45, 7) is 8.01. The van der Waals surface area contributed by atoms with Crippen LogP contribution in [0.3, 0.4) is 0 Å². The molecule has 1 aromatic heterocycles. The van der Waals surface area contributed by atoms with E-state index in [-0.39, 0.29) is 29.9 Å². The minimum absolute atomic E-state index is 0. The van der Waals surface area contributed by atoms with Crippen LogP contribution >= 0.6 is 35.3 Å². The molecule has 0 unspecified atom stereocenters. The lowest BCUT2D eigenvalue weighted by Crippen LogP contribution is -2.38. The molecule has 8 heteroatoms. The topological polar surface area (TPSA) is 69.6 Å². The largest absolute Gasteiger partial charge is 0.357 e. The number of likely N-dealkylation sites (tertiary alicyclic amines) is 1. The highest BCUT2D eigenvalue weighted by molar-refractivity contribution is 14.0. The highest BCUT2D eigenvalue weighted by atomic mass is 127. The molecule has 1 aliphatic rings. The van der Waals surface area contributed by atoms with Gasteiger partial charge in [0.2, 0.25) is 0 Å². The molecule has 164 valence electrons. The van der Waals surface area contributed by atoms with Gasteiger partial charge in [0.05, 0.1) is 17.2 Å². The average Bonchev–Trinajstić information content (AvgIpc) is 3.17. The number of hydrogen-bond acceptors (Lipinski definition) is 4. The molecular weight excluding hydrogens is 509 g/mol. The number of carbonyl (C=O) groups excluding carboxylic acids is 1. The Bertz CT molecular complexity index is 815. The number of piperidine rings is 1. The van der Waals surface area contributed by atoms with Crippen LogP contribution < -0.4 is 10.6 Å². The Hall–Kier alpha value is -1.68. The number of halogens is 1. The van der Waals surface area contributed by atoms with E-state index in [2.05, 4.69) is 32.9 Å². The molecule has 2 heterocycles. The predicted molar refractivity (Wildman–Crippen MR) is 135 cm³/mol. The summed E-state index contributed by atoms with van der Waals surface area (Å²) in [4.78, 5) is 23.7. The van der Waals surface area contributed by atoms with Gasteiger partial charge in [-0.15, -0.1) is 35.3 Å². The summed E-state index contributed by atoms with van der Waals surface area (Å²) in [5.41, 5.74) is 2.97. The second-order valence-corrected chi connectivity index (χ2v) is 8.34. The Morgan fingerprint density at radius 3 is 2.53 bits per heavy atom. The summed E-state index contributed by atoms with van der Waals surface area (Å²) >= 11 is 1.68. The smallest absolute Gasteiger partial charge is 0.253 e. The maximum Gasteiger partial charge on any atom is 0.253 e. The molecule has 1 aromatic carbocycles. The van der Waals surface area contributed by atoms with E-state index in [1.807, 2.05) is 36.1 Å². The molecule has 0 radical (unpaired) electrons. The number of hydrogen-bond donors (Lipinski definition) is 2. The molecule has 30 heavy (non-hydrogen) atoms. The minimum Gasteiger partial charge on any atom is -0.357 e. The molecule has 0 saturated carbocycles. The third-order valence-corrected chi connectivity index (χ3v) is 5.77. The number of nitrogens with zero attached hydrogens (tertiary/aromatic N) is 3. The van der Waals surface area contributed by atoms with Gasteiger partial charge in [0.1, 0.15) is 0 Å². The second kappa shape index (κ2) is 12.9. The molecule has 1 amide bonds. The van der Waals surface area contributed by atoms with Crippen molar-refractivity contribution in [2.24, 2.45) is 4.99 Å². The van der Waals surface area contributed by atoms with E-state index in [1.54, 1.807) is 11.3 Å². The van der Waals surface area contributed by atoms with E-state index in [0.717, 1.165) is 73.2 Å². The van der Waals surface area contributed by atoms with Gasteiger partial charge in [0, 0.05) is 43.5 Å². The highest BCUT2D eigenvalue weighted by Gasteiger charge is 2.17. The molecule has 0 bridgehead atoms. The number of aryl methyl sites for hydroxylation is 1. The van der Waals surface area contributed by atoms with Crippen molar-refractivity contribution in [2.75, 3.05) is 26.2 Å². The fraction of sp³-hybridized carbons (Fsp3) is 0.500. The predicted octanol–water partition coefficient (Wildman–Crippen LogP) is 3.99. The fourth-order valence-electron chi connectivity index (χ4n) is 3.38. The Balaban J connectivity index is 0.00000320. The van der Waals surface area contributed by atoms with Crippen LogP contribution in [0.2, 0.25) is 0 Å². The van der Waals surface area contributed by atoms with E-state index in [4.69, 9.17) is 0 Å². The lowest BCUT2D eigenvalue weighted by atomic mass is 10.1. The van der Waals surface area contributed by atoms with Crippen molar-refractivity contribution >= 4 is 47.2 Å². The van der Waals surface area contributed by atoms with Crippen LogP contribution in [-0.4, -0.2) is 47.9 Å². The third kappa shape index (κ3) is 7.54. The molecule has 0 atom stereocenters. The van der Waals surface area contributed by atoms with Crippen LogP contribution in [0.15, 0.2) is 34.6 Å². The van der Waals surface area contributed by atoms with Crippen molar-refractivity contribution in [3.8, 4) is 0 Å². The Morgan fingerprint density at radius 2 is 1.90 bits per heavy atom. The van der Waals surface area contributed by atoms with Gasteiger partial charge in [-0.05, 0) is 50.8 Å². The zero-order valence-electron chi connectivity index (χ0n) is 17.8. The number of aliphatic imine (C=N–C) groups is 1. The zero-order valence-corrected chi connectivity index (χ0v) is 21.0. The average molecular weight is 542 g/mol. The van der Waals surface area contributed by atoms with E-state index in [9.17, 15) is 4.79 Å². The quantitative estimate of drug-likeness (QED) is 0.316. The summed E-state index contributed by atoms with van der Waals surface area (Å²) in [6.07, 6.45) is 4.33. The highest BCUT2D eigenvalue weighted by Crippen LogP contribution is 2.14. The third-order valence-electron chi connectivity index (χ3n) is 4.95. The van der Waals surface area contributed by atoms with Gasteiger partial charge in [-0.2, -0.15) is 0 Å². The fourth-order valence-corrected chi connectivity index (χ4v) is 4.02. The molecule has 2 aromatic rings. The number of amides is 1. The van der Waals surface area contributed by atoms with E-state index >= 15 is 0 Å². The monoisotopic (exact) mass is 541 g/mol. The van der Waals surface area contributed by atoms with E-state index in [1.165, 1.54) is 6.42 Å². The molecule has 1 saturated heterocycles. The van der Waals surface area contributed by atoms with Gasteiger partial charge < -0.3 is 15.5 Å². The summed E-state index contributed by atoms with van der Waals surface area (Å²) in [5.74, 6) is 0.944. The Morgan fingerprint density at radius 1 is 1.17 bits per heavy atom. The molecule has 3 rings (SSSR count). The van der Waals surface area contributed by atoms with Gasteiger partial charge >= 0.3 is 0 Å². The summed E-state index contributed by atoms with van der Waals surface area (Å²) < 4.78 is 0. The van der Waals surface area contributed by atoms with E-state index in [0.29, 0.717) is 6.54 Å². The van der Waals surface area contributed by atoms with Gasteiger partial charge in [-0.25, -0.2) is 9.98 Å². The SMILES string of the molecule is CCNC(=NCc1ccc(C(=O)N2CCCCC2)cc1)NCCc1csc(C)n1.I. The first-order valence-corrected chi connectivity index (χ1v) is 11.3. The lowest BCUT2D eigenvalue weighted by Gasteiger charge is -2.26. The first kappa shape index (κ1) is 24.6. The van der Waals surface area contributed by atoms with Gasteiger partial charge in [0.25, 0.3) is 5.91 Å². The standard InChI is InChI=1S/C22H31N5OS.HI/c1-3-23-22(24-12-11-20-16-29-17(2)26-20)25-15-18-7-9-19(10-8-18)21(28)27-13-5-4-6-14-27;/h7-10,16H,3-6,11-15H2,1-2H3,(H2,23,24,25);1H. The molecule has 1 aliphatic heterocycles. The maximum absolute atomic E-state index is 12.6. The van der Waals surface area contributed by atoms with Gasteiger partial charge in [-0.3, -0.25) is 4.79 Å².